The number of rotatable bonds is 4. The molecule has 0 spiro atoms. The first kappa shape index (κ1) is 12.9. The van der Waals surface area contributed by atoms with Gasteiger partial charge >= 0.3 is 0 Å². The van der Waals surface area contributed by atoms with Gasteiger partial charge in [-0.25, -0.2) is 0 Å². The molecule has 2 atom stereocenters. The van der Waals surface area contributed by atoms with Crippen molar-refractivity contribution < 1.29 is 0 Å². The SMILES string of the molecule is Cc1nn(C)c(CNC2CC2c2ccccc2)c1Br. The predicted octanol–water partition coefficient (Wildman–Crippen LogP) is 3.14. The van der Waals surface area contributed by atoms with Crippen molar-refractivity contribution in [1.29, 1.82) is 0 Å². The summed E-state index contributed by atoms with van der Waals surface area (Å²) in [5.41, 5.74) is 3.71. The van der Waals surface area contributed by atoms with Crippen LogP contribution in [0.25, 0.3) is 0 Å². The summed E-state index contributed by atoms with van der Waals surface area (Å²) in [4.78, 5) is 0. The number of aryl methyl sites for hydroxylation is 2. The fraction of sp³-hybridized carbons (Fsp3) is 0.400. The lowest BCUT2D eigenvalue weighted by Crippen LogP contribution is -2.19. The van der Waals surface area contributed by atoms with E-state index < -0.39 is 0 Å². The van der Waals surface area contributed by atoms with E-state index in [4.69, 9.17) is 0 Å². The molecule has 0 amide bonds. The van der Waals surface area contributed by atoms with E-state index in [1.807, 2.05) is 18.7 Å². The number of hydrogen-bond donors (Lipinski definition) is 1. The van der Waals surface area contributed by atoms with Crippen molar-refractivity contribution in [3.8, 4) is 0 Å². The van der Waals surface area contributed by atoms with Gasteiger partial charge in [-0.05, 0) is 34.8 Å². The highest BCUT2D eigenvalue weighted by Crippen LogP contribution is 2.40. The summed E-state index contributed by atoms with van der Waals surface area (Å²) in [6.07, 6.45) is 1.23. The highest BCUT2D eigenvalue weighted by Gasteiger charge is 2.37. The van der Waals surface area contributed by atoms with Crippen LogP contribution in [-0.2, 0) is 13.6 Å². The third kappa shape index (κ3) is 2.60. The molecule has 100 valence electrons. The van der Waals surface area contributed by atoms with E-state index in [0.717, 1.165) is 16.7 Å². The Hall–Kier alpha value is -1.13. The summed E-state index contributed by atoms with van der Waals surface area (Å²) < 4.78 is 3.08. The highest BCUT2D eigenvalue weighted by atomic mass is 79.9. The normalized spacial score (nSPS) is 21.6. The van der Waals surface area contributed by atoms with Crippen LogP contribution in [0.1, 0.15) is 29.3 Å². The van der Waals surface area contributed by atoms with Crippen LogP contribution in [0.2, 0.25) is 0 Å². The monoisotopic (exact) mass is 319 g/mol. The zero-order valence-electron chi connectivity index (χ0n) is 11.2. The number of benzene rings is 1. The van der Waals surface area contributed by atoms with Gasteiger partial charge in [0.05, 0.1) is 15.9 Å². The van der Waals surface area contributed by atoms with Crippen molar-refractivity contribution in [2.24, 2.45) is 7.05 Å². The van der Waals surface area contributed by atoms with Crippen LogP contribution in [0.4, 0.5) is 0 Å². The van der Waals surface area contributed by atoms with Crippen molar-refractivity contribution in [2.45, 2.75) is 31.8 Å². The molecule has 1 N–H and O–H groups in total. The maximum atomic E-state index is 4.42. The van der Waals surface area contributed by atoms with E-state index in [1.165, 1.54) is 17.7 Å². The lowest BCUT2D eigenvalue weighted by atomic mass is 10.1. The number of halogens is 1. The summed E-state index contributed by atoms with van der Waals surface area (Å²) >= 11 is 3.61. The molecule has 0 radical (unpaired) electrons. The molecule has 0 aliphatic heterocycles. The molecule has 1 saturated carbocycles. The third-order valence-electron chi connectivity index (χ3n) is 3.81. The van der Waals surface area contributed by atoms with E-state index in [2.05, 4.69) is 56.7 Å². The van der Waals surface area contributed by atoms with Gasteiger partial charge in [-0.2, -0.15) is 5.10 Å². The first-order valence-electron chi connectivity index (χ1n) is 6.63. The van der Waals surface area contributed by atoms with Gasteiger partial charge < -0.3 is 5.32 Å². The molecule has 19 heavy (non-hydrogen) atoms. The molecule has 3 nitrogen and oxygen atoms in total. The molecule has 1 aromatic carbocycles. The first-order valence-corrected chi connectivity index (χ1v) is 7.42. The Kier molecular flexibility index (Phi) is 3.46. The van der Waals surface area contributed by atoms with Crippen LogP contribution in [0.15, 0.2) is 34.8 Å². The molecule has 1 aliphatic rings. The molecule has 1 aliphatic carbocycles. The molecular formula is C15H18BrN3. The minimum Gasteiger partial charge on any atom is -0.308 e. The van der Waals surface area contributed by atoms with Gasteiger partial charge in [0.15, 0.2) is 0 Å². The minimum absolute atomic E-state index is 0.601. The Morgan fingerprint density at radius 2 is 2.11 bits per heavy atom. The quantitative estimate of drug-likeness (QED) is 0.938. The standard InChI is InChI=1S/C15H18BrN3/c1-10-15(16)14(19(2)18-10)9-17-13-8-12(13)11-6-4-3-5-7-11/h3-7,12-13,17H,8-9H2,1-2H3. The lowest BCUT2D eigenvalue weighted by molar-refractivity contribution is 0.613. The predicted molar refractivity (Wildman–Crippen MR) is 80.1 cm³/mol. The third-order valence-corrected chi connectivity index (χ3v) is 4.84. The average molecular weight is 320 g/mol. The number of hydrogen-bond acceptors (Lipinski definition) is 2. The first-order chi connectivity index (χ1) is 9.16. The maximum absolute atomic E-state index is 4.42. The molecule has 4 heteroatoms. The Morgan fingerprint density at radius 3 is 2.74 bits per heavy atom. The zero-order chi connectivity index (χ0) is 13.4. The Labute approximate surface area is 122 Å². The molecule has 1 fully saturated rings. The Morgan fingerprint density at radius 1 is 1.37 bits per heavy atom. The molecule has 3 rings (SSSR count). The molecule has 0 saturated heterocycles. The second-order valence-electron chi connectivity index (χ2n) is 5.21. The van der Waals surface area contributed by atoms with E-state index in [1.54, 1.807) is 0 Å². The lowest BCUT2D eigenvalue weighted by Gasteiger charge is -2.06. The van der Waals surface area contributed by atoms with Gasteiger partial charge in [0.1, 0.15) is 0 Å². The summed E-state index contributed by atoms with van der Waals surface area (Å²) in [7, 11) is 2.00. The van der Waals surface area contributed by atoms with E-state index >= 15 is 0 Å². The zero-order valence-corrected chi connectivity index (χ0v) is 12.8. The summed E-state index contributed by atoms with van der Waals surface area (Å²) in [5.74, 6) is 0.675. The van der Waals surface area contributed by atoms with E-state index in [9.17, 15) is 0 Å². The number of nitrogens with one attached hydrogen (secondary N) is 1. The smallest absolute Gasteiger partial charge is 0.0739 e. The number of nitrogens with zero attached hydrogens (tertiary/aromatic N) is 2. The second kappa shape index (κ2) is 5.10. The van der Waals surface area contributed by atoms with Crippen molar-refractivity contribution >= 4 is 15.9 Å². The molecule has 2 unspecified atom stereocenters. The summed E-state index contributed by atoms with van der Waals surface area (Å²) in [6.45, 7) is 2.89. The van der Waals surface area contributed by atoms with Gasteiger partial charge in [0.25, 0.3) is 0 Å². The van der Waals surface area contributed by atoms with Crippen LogP contribution in [0.5, 0.6) is 0 Å². The van der Waals surface area contributed by atoms with Crippen LogP contribution in [0, 0.1) is 6.92 Å². The minimum atomic E-state index is 0.601. The Balaban J connectivity index is 1.60. The van der Waals surface area contributed by atoms with Crippen molar-refractivity contribution in [3.63, 3.8) is 0 Å². The fourth-order valence-electron chi connectivity index (χ4n) is 2.59. The topological polar surface area (TPSA) is 29.9 Å². The largest absolute Gasteiger partial charge is 0.308 e. The molecule has 1 aromatic heterocycles. The number of aromatic nitrogens is 2. The van der Waals surface area contributed by atoms with Crippen LogP contribution < -0.4 is 5.32 Å². The molecule has 2 aromatic rings. The van der Waals surface area contributed by atoms with Crippen LogP contribution in [-0.4, -0.2) is 15.8 Å². The van der Waals surface area contributed by atoms with Crippen molar-refractivity contribution in [3.05, 3.63) is 51.8 Å². The van der Waals surface area contributed by atoms with Crippen molar-refractivity contribution in [1.82, 2.24) is 15.1 Å². The Bertz CT molecular complexity index is 577. The highest BCUT2D eigenvalue weighted by molar-refractivity contribution is 9.10. The van der Waals surface area contributed by atoms with Gasteiger partial charge in [-0.3, -0.25) is 4.68 Å². The van der Waals surface area contributed by atoms with Crippen LogP contribution in [0.3, 0.4) is 0 Å². The average Bonchev–Trinajstić information content (AvgIpc) is 3.14. The van der Waals surface area contributed by atoms with E-state index in [0.29, 0.717) is 12.0 Å². The van der Waals surface area contributed by atoms with Gasteiger partial charge in [0.2, 0.25) is 0 Å². The summed E-state index contributed by atoms with van der Waals surface area (Å²) in [5, 5.41) is 8.04. The molecular weight excluding hydrogens is 302 g/mol. The molecule has 0 bridgehead atoms. The fourth-order valence-corrected chi connectivity index (χ4v) is 3.07. The summed E-state index contributed by atoms with van der Waals surface area (Å²) in [6, 6.07) is 11.3. The maximum Gasteiger partial charge on any atom is 0.0739 e. The second-order valence-corrected chi connectivity index (χ2v) is 6.00. The van der Waals surface area contributed by atoms with E-state index in [-0.39, 0.29) is 0 Å². The van der Waals surface area contributed by atoms with Gasteiger partial charge in [0, 0.05) is 25.6 Å². The van der Waals surface area contributed by atoms with Gasteiger partial charge in [-0.15, -0.1) is 0 Å². The van der Waals surface area contributed by atoms with Crippen LogP contribution >= 0.6 is 15.9 Å². The van der Waals surface area contributed by atoms with Crippen molar-refractivity contribution in [2.75, 3.05) is 0 Å². The molecule has 1 heterocycles. The van der Waals surface area contributed by atoms with Gasteiger partial charge in [-0.1, -0.05) is 30.3 Å².